The normalized spacial score (nSPS) is 12.7. The Morgan fingerprint density at radius 3 is 2.47 bits per heavy atom. The number of hydrogen-bond donors (Lipinski definition) is 0. The molecule has 0 amide bonds. The molecule has 0 bridgehead atoms. The molecule has 1 aromatic heterocycles. The van der Waals surface area contributed by atoms with E-state index in [-0.39, 0.29) is 5.69 Å². The van der Waals surface area contributed by atoms with E-state index in [0.29, 0.717) is 0 Å². The Balaban J connectivity index is 2.77. The summed E-state index contributed by atoms with van der Waals surface area (Å²) in [5, 5.41) is 0. The first-order valence-corrected chi connectivity index (χ1v) is 4.69. The molecule has 0 atom stereocenters. The summed E-state index contributed by atoms with van der Waals surface area (Å²) in [7, 11) is 0. The highest BCUT2D eigenvalue weighted by Gasteiger charge is 2.31. The minimum atomic E-state index is -4.74. The SMILES string of the molecule is F/C(I)=C/c1ccc(OC(F)(F)F)cn1. The summed E-state index contributed by atoms with van der Waals surface area (Å²) in [5.41, 5.74) is 0.219. The van der Waals surface area contributed by atoms with Crippen molar-refractivity contribution in [3.63, 3.8) is 0 Å². The van der Waals surface area contributed by atoms with E-state index in [4.69, 9.17) is 0 Å². The van der Waals surface area contributed by atoms with Crippen LogP contribution in [-0.4, -0.2) is 11.3 Å². The van der Waals surface area contributed by atoms with Gasteiger partial charge in [-0.25, -0.2) is 0 Å². The maximum Gasteiger partial charge on any atom is 0.573 e. The van der Waals surface area contributed by atoms with Crippen LogP contribution in [0.25, 0.3) is 6.08 Å². The first-order valence-electron chi connectivity index (χ1n) is 3.61. The van der Waals surface area contributed by atoms with E-state index in [1.807, 2.05) is 0 Å². The van der Waals surface area contributed by atoms with Crippen molar-refractivity contribution < 1.29 is 22.3 Å². The van der Waals surface area contributed by atoms with Gasteiger partial charge in [0, 0.05) is 6.08 Å². The third-order valence-electron chi connectivity index (χ3n) is 1.25. The predicted molar refractivity (Wildman–Crippen MR) is 54.0 cm³/mol. The number of aromatic nitrogens is 1. The lowest BCUT2D eigenvalue weighted by Gasteiger charge is -2.07. The van der Waals surface area contributed by atoms with Gasteiger partial charge in [-0.15, -0.1) is 13.2 Å². The first kappa shape index (κ1) is 12.2. The van der Waals surface area contributed by atoms with Gasteiger partial charge < -0.3 is 4.74 Å². The van der Waals surface area contributed by atoms with E-state index < -0.39 is 15.9 Å². The molecule has 0 saturated heterocycles. The summed E-state index contributed by atoms with van der Waals surface area (Å²) in [6.45, 7) is 0. The van der Waals surface area contributed by atoms with Crippen molar-refractivity contribution in [2.24, 2.45) is 0 Å². The molecule has 1 rings (SSSR count). The standard InChI is InChI=1S/C8H4F4INO/c9-7(13)3-5-1-2-6(4-14-5)15-8(10,11)12/h1-4H/b7-3-. The van der Waals surface area contributed by atoms with E-state index in [0.717, 1.165) is 18.3 Å². The van der Waals surface area contributed by atoms with Crippen LogP contribution < -0.4 is 4.74 Å². The fourth-order valence-corrected chi connectivity index (χ4v) is 1.10. The second-order valence-corrected chi connectivity index (χ2v) is 3.43. The van der Waals surface area contributed by atoms with E-state index in [2.05, 4.69) is 9.72 Å². The Morgan fingerprint density at radius 1 is 1.40 bits per heavy atom. The molecule has 82 valence electrons. The molecular formula is C8H4F4INO. The topological polar surface area (TPSA) is 22.1 Å². The number of pyridine rings is 1. The Morgan fingerprint density at radius 2 is 2.07 bits per heavy atom. The molecular weight excluding hydrogens is 329 g/mol. The molecule has 0 unspecified atom stereocenters. The van der Waals surface area contributed by atoms with Gasteiger partial charge in [-0.05, 0) is 34.7 Å². The van der Waals surface area contributed by atoms with Crippen LogP contribution in [0.3, 0.4) is 0 Å². The molecule has 0 radical (unpaired) electrons. The summed E-state index contributed by atoms with van der Waals surface area (Å²) in [4.78, 5) is 3.56. The lowest BCUT2D eigenvalue weighted by atomic mass is 10.3. The average molecular weight is 333 g/mol. The van der Waals surface area contributed by atoms with Gasteiger partial charge in [-0.3, -0.25) is 4.98 Å². The molecule has 0 fully saturated rings. The van der Waals surface area contributed by atoms with Gasteiger partial charge in [-0.1, -0.05) is 0 Å². The number of nitrogens with zero attached hydrogens (tertiary/aromatic N) is 1. The Labute approximate surface area is 96.1 Å². The van der Waals surface area contributed by atoms with Gasteiger partial charge in [-0.2, -0.15) is 4.39 Å². The third kappa shape index (κ3) is 4.96. The molecule has 0 spiro atoms. The zero-order chi connectivity index (χ0) is 11.5. The lowest BCUT2D eigenvalue weighted by molar-refractivity contribution is -0.274. The van der Waals surface area contributed by atoms with Crippen LogP contribution in [0.5, 0.6) is 5.75 Å². The summed E-state index contributed by atoms with van der Waals surface area (Å²) in [6.07, 6.45) is -2.79. The monoisotopic (exact) mass is 333 g/mol. The first-order chi connectivity index (χ1) is 6.87. The zero-order valence-corrected chi connectivity index (χ0v) is 9.21. The van der Waals surface area contributed by atoms with Crippen LogP contribution in [0.2, 0.25) is 0 Å². The van der Waals surface area contributed by atoms with Crippen molar-refractivity contribution in [3.8, 4) is 5.75 Å². The summed E-state index contributed by atoms with van der Waals surface area (Å²) < 4.78 is 50.6. The second-order valence-electron chi connectivity index (χ2n) is 2.40. The Kier molecular flexibility index (Phi) is 3.89. The molecule has 7 heteroatoms. The van der Waals surface area contributed by atoms with Crippen LogP contribution in [0.1, 0.15) is 5.69 Å². The van der Waals surface area contributed by atoms with Gasteiger partial charge in [0.05, 0.1) is 11.9 Å². The van der Waals surface area contributed by atoms with Crippen molar-refractivity contribution >= 4 is 28.7 Å². The van der Waals surface area contributed by atoms with Crippen molar-refractivity contribution in [3.05, 3.63) is 27.9 Å². The highest BCUT2D eigenvalue weighted by atomic mass is 127. The lowest BCUT2D eigenvalue weighted by Crippen LogP contribution is -2.17. The molecule has 1 heterocycles. The fraction of sp³-hybridized carbons (Fsp3) is 0.125. The van der Waals surface area contributed by atoms with E-state index in [1.165, 1.54) is 28.7 Å². The third-order valence-corrected chi connectivity index (χ3v) is 1.56. The molecule has 15 heavy (non-hydrogen) atoms. The van der Waals surface area contributed by atoms with Crippen LogP contribution in [-0.2, 0) is 0 Å². The van der Waals surface area contributed by atoms with Crippen LogP contribution in [0.4, 0.5) is 17.6 Å². The highest BCUT2D eigenvalue weighted by molar-refractivity contribution is 14.1. The summed E-state index contributed by atoms with van der Waals surface area (Å²) >= 11 is 1.42. The van der Waals surface area contributed by atoms with Crippen LogP contribution in [0, 0.1) is 0 Å². The van der Waals surface area contributed by atoms with E-state index in [1.54, 1.807) is 0 Å². The summed E-state index contributed by atoms with van der Waals surface area (Å²) in [5.74, 6) is -0.437. The number of rotatable bonds is 2. The number of halogens is 5. The highest BCUT2D eigenvalue weighted by Crippen LogP contribution is 2.22. The summed E-state index contributed by atoms with van der Waals surface area (Å²) in [6, 6.07) is 2.28. The Hall–Kier alpha value is -0.860. The molecule has 0 aromatic carbocycles. The maximum absolute atomic E-state index is 12.4. The molecule has 0 saturated carbocycles. The fourth-order valence-electron chi connectivity index (χ4n) is 0.783. The zero-order valence-electron chi connectivity index (χ0n) is 7.05. The van der Waals surface area contributed by atoms with Gasteiger partial charge in [0.2, 0.25) is 0 Å². The minimum absolute atomic E-state index is 0.219. The van der Waals surface area contributed by atoms with Gasteiger partial charge in [0.1, 0.15) is 5.75 Å². The van der Waals surface area contributed by atoms with E-state index >= 15 is 0 Å². The van der Waals surface area contributed by atoms with Crippen molar-refractivity contribution in [1.29, 1.82) is 0 Å². The van der Waals surface area contributed by atoms with Crippen LogP contribution >= 0.6 is 22.6 Å². The van der Waals surface area contributed by atoms with E-state index in [9.17, 15) is 17.6 Å². The number of alkyl halides is 3. The van der Waals surface area contributed by atoms with Crippen molar-refractivity contribution in [1.82, 2.24) is 4.98 Å². The van der Waals surface area contributed by atoms with Gasteiger partial charge in [0.15, 0.2) is 3.83 Å². The largest absolute Gasteiger partial charge is 0.573 e. The quantitative estimate of drug-likeness (QED) is 0.608. The average Bonchev–Trinajstić information content (AvgIpc) is 2.05. The van der Waals surface area contributed by atoms with Gasteiger partial charge in [0.25, 0.3) is 0 Å². The molecule has 1 aromatic rings. The van der Waals surface area contributed by atoms with Crippen LogP contribution in [0.15, 0.2) is 22.2 Å². The molecule has 0 aliphatic rings. The Bertz CT molecular complexity index is 356. The predicted octanol–water partition coefficient (Wildman–Crippen LogP) is 3.68. The van der Waals surface area contributed by atoms with Gasteiger partial charge >= 0.3 is 6.36 Å². The molecule has 2 nitrogen and oxygen atoms in total. The molecule has 0 N–H and O–H groups in total. The minimum Gasteiger partial charge on any atom is -0.404 e. The number of ether oxygens (including phenoxy) is 1. The smallest absolute Gasteiger partial charge is 0.404 e. The maximum atomic E-state index is 12.4. The van der Waals surface area contributed by atoms with Crippen molar-refractivity contribution in [2.45, 2.75) is 6.36 Å². The van der Waals surface area contributed by atoms with Crippen molar-refractivity contribution in [2.75, 3.05) is 0 Å². The second kappa shape index (κ2) is 4.77. The number of hydrogen-bond acceptors (Lipinski definition) is 2. The molecule has 0 aliphatic heterocycles. The molecule has 0 aliphatic carbocycles.